The SMILES string of the molecule is CC(C)n1nc(-c2cccnc2)cc1C(=N)N. The van der Waals surface area contributed by atoms with Crippen LogP contribution in [0, 0.1) is 5.41 Å². The zero-order valence-electron chi connectivity index (χ0n) is 9.88. The zero-order valence-corrected chi connectivity index (χ0v) is 9.88. The monoisotopic (exact) mass is 229 g/mol. The zero-order chi connectivity index (χ0) is 12.4. The fourth-order valence-corrected chi connectivity index (χ4v) is 1.64. The lowest BCUT2D eigenvalue weighted by molar-refractivity contribution is 0.529. The Balaban J connectivity index is 2.51. The smallest absolute Gasteiger partial charge is 0.141 e. The maximum Gasteiger partial charge on any atom is 0.141 e. The number of nitrogens with zero attached hydrogens (tertiary/aromatic N) is 3. The molecule has 0 aliphatic heterocycles. The van der Waals surface area contributed by atoms with Crippen LogP contribution in [0.3, 0.4) is 0 Å². The second kappa shape index (κ2) is 4.37. The molecule has 0 amide bonds. The number of nitrogens with one attached hydrogen (secondary N) is 1. The molecule has 2 aromatic rings. The van der Waals surface area contributed by atoms with E-state index >= 15 is 0 Å². The van der Waals surface area contributed by atoms with Gasteiger partial charge in [-0.2, -0.15) is 5.10 Å². The van der Waals surface area contributed by atoms with Gasteiger partial charge in [0.1, 0.15) is 11.5 Å². The Morgan fingerprint density at radius 1 is 1.47 bits per heavy atom. The molecule has 3 N–H and O–H groups in total. The number of nitrogens with two attached hydrogens (primary N) is 1. The molecule has 0 saturated heterocycles. The molecule has 0 aliphatic rings. The number of aromatic nitrogens is 3. The second-order valence-corrected chi connectivity index (χ2v) is 4.11. The summed E-state index contributed by atoms with van der Waals surface area (Å²) in [6.07, 6.45) is 3.46. The Bertz CT molecular complexity index is 527. The molecule has 0 radical (unpaired) electrons. The average molecular weight is 229 g/mol. The molecule has 0 saturated carbocycles. The number of pyridine rings is 1. The van der Waals surface area contributed by atoms with E-state index in [1.54, 1.807) is 17.1 Å². The largest absolute Gasteiger partial charge is 0.382 e. The van der Waals surface area contributed by atoms with Crippen LogP contribution in [0.4, 0.5) is 0 Å². The molecule has 2 aromatic heterocycles. The lowest BCUT2D eigenvalue weighted by Crippen LogP contribution is -2.18. The van der Waals surface area contributed by atoms with Crippen LogP contribution in [0.2, 0.25) is 0 Å². The van der Waals surface area contributed by atoms with E-state index in [9.17, 15) is 0 Å². The van der Waals surface area contributed by atoms with Crippen LogP contribution in [-0.4, -0.2) is 20.6 Å². The molecule has 5 heteroatoms. The average Bonchev–Trinajstić information content (AvgIpc) is 2.75. The first-order valence-electron chi connectivity index (χ1n) is 5.44. The highest BCUT2D eigenvalue weighted by molar-refractivity contribution is 5.94. The van der Waals surface area contributed by atoms with E-state index in [1.807, 2.05) is 32.0 Å². The molecule has 0 atom stereocenters. The number of amidine groups is 1. The quantitative estimate of drug-likeness (QED) is 0.622. The Morgan fingerprint density at radius 2 is 2.24 bits per heavy atom. The fraction of sp³-hybridized carbons (Fsp3) is 0.250. The Hall–Kier alpha value is -2.17. The maximum absolute atomic E-state index is 7.55. The van der Waals surface area contributed by atoms with E-state index in [2.05, 4.69) is 10.1 Å². The third-order valence-electron chi connectivity index (χ3n) is 2.46. The molecule has 5 nitrogen and oxygen atoms in total. The van der Waals surface area contributed by atoms with Crippen molar-refractivity contribution in [2.75, 3.05) is 0 Å². The van der Waals surface area contributed by atoms with Crippen LogP contribution < -0.4 is 5.73 Å². The van der Waals surface area contributed by atoms with Crippen molar-refractivity contribution in [2.24, 2.45) is 5.73 Å². The molecule has 0 aliphatic carbocycles. The van der Waals surface area contributed by atoms with Crippen LogP contribution in [0.5, 0.6) is 0 Å². The number of nitrogen functional groups attached to an aromatic ring is 1. The summed E-state index contributed by atoms with van der Waals surface area (Å²) >= 11 is 0. The molecule has 0 fully saturated rings. The highest BCUT2D eigenvalue weighted by atomic mass is 15.3. The third-order valence-corrected chi connectivity index (χ3v) is 2.46. The van der Waals surface area contributed by atoms with Crippen LogP contribution in [0.15, 0.2) is 30.6 Å². The molecular formula is C12H15N5. The number of hydrogen-bond donors (Lipinski definition) is 2. The van der Waals surface area contributed by atoms with Gasteiger partial charge >= 0.3 is 0 Å². The normalized spacial score (nSPS) is 10.8. The van der Waals surface area contributed by atoms with Gasteiger partial charge in [-0.15, -0.1) is 0 Å². The highest BCUT2D eigenvalue weighted by Crippen LogP contribution is 2.20. The lowest BCUT2D eigenvalue weighted by Gasteiger charge is -2.08. The summed E-state index contributed by atoms with van der Waals surface area (Å²) in [6, 6.07) is 5.78. The molecule has 2 rings (SSSR count). The van der Waals surface area contributed by atoms with Crippen molar-refractivity contribution in [3.05, 3.63) is 36.3 Å². The second-order valence-electron chi connectivity index (χ2n) is 4.11. The summed E-state index contributed by atoms with van der Waals surface area (Å²) in [5, 5.41) is 12.0. The standard InChI is InChI=1S/C12H15N5/c1-8(2)17-11(12(13)14)6-10(16-17)9-4-3-5-15-7-9/h3-8H,1-2H3,(H3,13,14). The summed E-state index contributed by atoms with van der Waals surface area (Å²) in [7, 11) is 0. The van der Waals surface area contributed by atoms with Gasteiger partial charge in [0.15, 0.2) is 0 Å². The van der Waals surface area contributed by atoms with Crippen molar-refractivity contribution in [1.82, 2.24) is 14.8 Å². The van der Waals surface area contributed by atoms with Crippen molar-refractivity contribution in [3.63, 3.8) is 0 Å². The van der Waals surface area contributed by atoms with Gasteiger partial charge in [0.05, 0.1) is 5.69 Å². The van der Waals surface area contributed by atoms with Gasteiger partial charge in [-0.3, -0.25) is 15.1 Å². The van der Waals surface area contributed by atoms with E-state index in [0.29, 0.717) is 5.69 Å². The number of hydrogen-bond acceptors (Lipinski definition) is 3. The first kappa shape index (κ1) is 11.3. The van der Waals surface area contributed by atoms with Gasteiger partial charge in [0.25, 0.3) is 0 Å². The van der Waals surface area contributed by atoms with Gasteiger partial charge < -0.3 is 5.73 Å². The Morgan fingerprint density at radius 3 is 2.71 bits per heavy atom. The van der Waals surface area contributed by atoms with Gasteiger partial charge in [-0.25, -0.2) is 0 Å². The summed E-state index contributed by atoms with van der Waals surface area (Å²) < 4.78 is 1.75. The van der Waals surface area contributed by atoms with Gasteiger partial charge in [0.2, 0.25) is 0 Å². The first-order chi connectivity index (χ1) is 8.09. The first-order valence-corrected chi connectivity index (χ1v) is 5.44. The summed E-state index contributed by atoms with van der Waals surface area (Å²) in [6.45, 7) is 4.01. The van der Waals surface area contributed by atoms with Gasteiger partial charge in [0, 0.05) is 24.0 Å². The summed E-state index contributed by atoms with van der Waals surface area (Å²) in [4.78, 5) is 4.06. The van der Waals surface area contributed by atoms with Gasteiger partial charge in [-0.05, 0) is 32.0 Å². The minimum Gasteiger partial charge on any atom is -0.382 e. The van der Waals surface area contributed by atoms with Crippen molar-refractivity contribution < 1.29 is 0 Å². The van der Waals surface area contributed by atoms with Crippen molar-refractivity contribution in [1.29, 1.82) is 5.41 Å². The predicted molar refractivity (Wildman–Crippen MR) is 66.9 cm³/mol. The fourth-order valence-electron chi connectivity index (χ4n) is 1.64. The number of rotatable bonds is 3. The van der Waals surface area contributed by atoms with E-state index in [1.165, 1.54) is 0 Å². The van der Waals surface area contributed by atoms with E-state index < -0.39 is 0 Å². The van der Waals surface area contributed by atoms with Crippen molar-refractivity contribution in [2.45, 2.75) is 19.9 Å². The molecule has 0 spiro atoms. The molecule has 17 heavy (non-hydrogen) atoms. The van der Waals surface area contributed by atoms with Crippen LogP contribution >= 0.6 is 0 Å². The maximum atomic E-state index is 7.55. The third kappa shape index (κ3) is 2.18. The minimum atomic E-state index is 0.0290. The Labute approximate surface area is 99.8 Å². The van der Waals surface area contributed by atoms with E-state index in [0.717, 1.165) is 11.3 Å². The van der Waals surface area contributed by atoms with Crippen LogP contribution in [0.1, 0.15) is 25.6 Å². The van der Waals surface area contributed by atoms with Crippen molar-refractivity contribution in [3.8, 4) is 11.3 Å². The van der Waals surface area contributed by atoms with Crippen LogP contribution in [-0.2, 0) is 0 Å². The molecule has 0 unspecified atom stereocenters. The van der Waals surface area contributed by atoms with Crippen molar-refractivity contribution >= 4 is 5.84 Å². The van der Waals surface area contributed by atoms with Gasteiger partial charge in [-0.1, -0.05) is 0 Å². The lowest BCUT2D eigenvalue weighted by atomic mass is 10.2. The predicted octanol–water partition coefficient (Wildman–Crippen LogP) is 1.81. The summed E-state index contributed by atoms with van der Waals surface area (Å²) in [5.41, 5.74) is 7.90. The van der Waals surface area contributed by atoms with E-state index in [4.69, 9.17) is 11.1 Å². The van der Waals surface area contributed by atoms with E-state index in [-0.39, 0.29) is 11.9 Å². The molecule has 0 bridgehead atoms. The summed E-state index contributed by atoms with van der Waals surface area (Å²) in [5.74, 6) is 0.0290. The Kier molecular flexibility index (Phi) is 2.91. The molecule has 88 valence electrons. The van der Waals surface area contributed by atoms with Crippen LogP contribution in [0.25, 0.3) is 11.3 Å². The topological polar surface area (TPSA) is 80.6 Å². The highest BCUT2D eigenvalue weighted by Gasteiger charge is 2.13. The molecule has 2 heterocycles. The molecule has 0 aromatic carbocycles. The minimum absolute atomic E-state index is 0.0290. The molecular weight excluding hydrogens is 214 g/mol.